The van der Waals surface area contributed by atoms with E-state index >= 15 is 0 Å². The van der Waals surface area contributed by atoms with Gasteiger partial charge in [-0.05, 0) is 42.0 Å². The smallest absolute Gasteiger partial charge is 0.296 e. The molecule has 1 N–H and O–H groups in total. The van der Waals surface area contributed by atoms with Crippen LogP contribution in [0.25, 0.3) is 11.0 Å². The number of furan rings is 2. The Hall–Kier alpha value is -4.22. The molecule has 0 saturated heterocycles. The topological polar surface area (TPSA) is 110 Å². The molecule has 184 valence electrons. The first kappa shape index (κ1) is 23.2. The van der Waals surface area contributed by atoms with Crippen molar-refractivity contribution < 1.29 is 27.9 Å². The molecule has 0 spiro atoms. The normalized spacial score (nSPS) is 15.8. The van der Waals surface area contributed by atoms with Gasteiger partial charge < -0.3 is 13.9 Å². The summed E-state index contributed by atoms with van der Waals surface area (Å²) in [5.74, 6) is -1.68. The van der Waals surface area contributed by atoms with Gasteiger partial charge in [0.2, 0.25) is 10.9 Å². The summed E-state index contributed by atoms with van der Waals surface area (Å²) in [4.78, 5) is 28.0. The molecule has 0 radical (unpaired) electrons. The van der Waals surface area contributed by atoms with Crippen LogP contribution in [0.3, 0.4) is 0 Å². The van der Waals surface area contributed by atoms with E-state index < -0.39 is 23.5 Å². The van der Waals surface area contributed by atoms with Crippen molar-refractivity contribution in [3.05, 3.63) is 107 Å². The van der Waals surface area contributed by atoms with E-state index in [9.17, 15) is 19.1 Å². The van der Waals surface area contributed by atoms with Crippen molar-refractivity contribution in [2.75, 3.05) is 4.90 Å². The monoisotopic (exact) mass is 533 g/mol. The predicted octanol–water partition coefficient (Wildman–Crippen LogP) is 6.09. The first-order chi connectivity index (χ1) is 18.0. The van der Waals surface area contributed by atoms with Gasteiger partial charge in [-0.15, -0.1) is 10.2 Å². The zero-order chi connectivity index (χ0) is 25.5. The third-order valence-electron chi connectivity index (χ3n) is 5.79. The highest BCUT2D eigenvalue weighted by atomic mass is 32.2. The number of para-hydroxylation sites is 1. The SMILES string of the molecule is O=C(C1=C(O)C(=O)N(c2nnc(SCc3ccc(F)cc3)s2)C1c1ccco1)c1cc2ccccc2o1. The van der Waals surface area contributed by atoms with Crippen molar-refractivity contribution >= 4 is 50.9 Å². The lowest BCUT2D eigenvalue weighted by Gasteiger charge is -2.21. The maximum absolute atomic E-state index is 13.5. The van der Waals surface area contributed by atoms with Gasteiger partial charge in [-0.2, -0.15) is 0 Å². The lowest BCUT2D eigenvalue weighted by molar-refractivity contribution is -0.117. The molecule has 11 heteroatoms. The molecule has 6 rings (SSSR count). The van der Waals surface area contributed by atoms with E-state index in [1.165, 1.54) is 35.1 Å². The standard InChI is InChI=1S/C26H16FN3O5S2/c27-16-9-7-14(8-10-16)13-36-26-29-28-25(37-26)30-21(18-6-3-11-34-18)20(23(32)24(30)33)22(31)19-12-15-4-1-2-5-17(15)35-19/h1-12,21,32H,13H2. The van der Waals surface area contributed by atoms with E-state index in [-0.39, 0.29) is 28.0 Å². The molecule has 1 unspecified atom stereocenters. The number of carbonyl (C=O) groups excluding carboxylic acids is 2. The molecule has 1 amide bonds. The molecule has 1 aliphatic rings. The van der Waals surface area contributed by atoms with E-state index in [0.717, 1.165) is 16.9 Å². The van der Waals surface area contributed by atoms with Gasteiger partial charge in [0.05, 0.1) is 11.8 Å². The second-order valence-electron chi connectivity index (χ2n) is 8.10. The van der Waals surface area contributed by atoms with Gasteiger partial charge in [-0.3, -0.25) is 14.5 Å². The zero-order valence-corrected chi connectivity index (χ0v) is 20.5. The van der Waals surface area contributed by atoms with Crippen LogP contribution in [0, 0.1) is 5.82 Å². The summed E-state index contributed by atoms with van der Waals surface area (Å²) in [5, 5.41) is 20.1. The third-order valence-corrected chi connectivity index (χ3v) is 7.92. The second-order valence-corrected chi connectivity index (χ2v) is 10.3. The Labute approximate surface area is 217 Å². The minimum atomic E-state index is -1.06. The van der Waals surface area contributed by atoms with Crippen molar-refractivity contribution in [2.45, 2.75) is 16.1 Å². The number of benzene rings is 2. The Morgan fingerprint density at radius 1 is 1.11 bits per heavy atom. The van der Waals surface area contributed by atoms with Crippen LogP contribution in [0.4, 0.5) is 9.52 Å². The van der Waals surface area contributed by atoms with Gasteiger partial charge in [0.15, 0.2) is 15.9 Å². The maximum atomic E-state index is 13.5. The Kier molecular flexibility index (Phi) is 5.85. The summed E-state index contributed by atoms with van der Waals surface area (Å²) < 4.78 is 25.0. The fourth-order valence-corrected chi connectivity index (χ4v) is 5.88. The van der Waals surface area contributed by atoms with Gasteiger partial charge in [-0.1, -0.05) is 53.4 Å². The summed E-state index contributed by atoms with van der Waals surface area (Å²) in [6, 6.07) is 17.0. The molecule has 3 aromatic heterocycles. The molecule has 0 aliphatic carbocycles. The van der Waals surface area contributed by atoms with Crippen LogP contribution >= 0.6 is 23.1 Å². The lowest BCUT2D eigenvalue weighted by Crippen LogP contribution is -2.30. The largest absolute Gasteiger partial charge is 0.503 e. The summed E-state index contributed by atoms with van der Waals surface area (Å²) in [5.41, 5.74) is 1.23. The molecule has 37 heavy (non-hydrogen) atoms. The van der Waals surface area contributed by atoms with Gasteiger partial charge in [-0.25, -0.2) is 4.39 Å². The number of carbonyl (C=O) groups is 2. The molecular formula is C26H16FN3O5S2. The van der Waals surface area contributed by atoms with Crippen LogP contribution in [0.15, 0.2) is 97.5 Å². The molecule has 8 nitrogen and oxygen atoms in total. The van der Waals surface area contributed by atoms with Crippen LogP contribution < -0.4 is 4.90 Å². The van der Waals surface area contributed by atoms with E-state index in [4.69, 9.17) is 8.83 Å². The predicted molar refractivity (Wildman–Crippen MR) is 135 cm³/mol. The summed E-state index contributed by atoms with van der Waals surface area (Å²) in [6.45, 7) is 0. The van der Waals surface area contributed by atoms with Crippen LogP contribution in [-0.2, 0) is 10.5 Å². The molecule has 1 aliphatic heterocycles. The molecule has 1 atom stereocenters. The fraction of sp³-hybridized carbons (Fsp3) is 0.0769. The molecule has 0 fully saturated rings. The maximum Gasteiger partial charge on any atom is 0.296 e. The Balaban J connectivity index is 1.32. The van der Waals surface area contributed by atoms with Crippen molar-refractivity contribution in [3.8, 4) is 0 Å². The minimum Gasteiger partial charge on any atom is -0.503 e. The number of hydrogen-bond donors (Lipinski definition) is 1. The van der Waals surface area contributed by atoms with E-state index in [0.29, 0.717) is 21.1 Å². The summed E-state index contributed by atoms with van der Waals surface area (Å²) in [7, 11) is 0. The van der Waals surface area contributed by atoms with Crippen molar-refractivity contribution in [2.24, 2.45) is 0 Å². The Morgan fingerprint density at radius 3 is 2.68 bits per heavy atom. The number of Topliss-reactive ketones (excluding diaryl/α,β-unsaturated/α-hetero) is 1. The zero-order valence-electron chi connectivity index (χ0n) is 18.8. The lowest BCUT2D eigenvalue weighted by atomic mass is 10.00. The third kappa shape index (κ3) is 4.21. The quantitative estimate of drug-likeness (QED) is 0.152. The number of amides is 1. The number of nitrogens with zero attached hydrogens (tertiary/aromatic N) is 3. The fourth-order valence-electron chi connectivity index (χ4n) is 4.06. The first-order valence-corrected chi connectivity index (χ1v) is 12.8. The highest BCUT2D eigenvalue weighted by Gasteiger charge is 2.48. The molecule has 2 aromatic carbocycles. The minimum absolute atomic E-state index is 0.0123. The molecular weight excluding hydrogens is 517 g/mol. The number of halogens is 1. The van der Waals surface area contributed by atoms with Crippen molar-refractivity contribution in [1.29, 1.82) is 0 Å². The van der Waals surface area contributed by atoms with Crippen LogP contribution in [0.1, 0.15) is 27.9 Å². The number of aliphatic hydroxyl groups excluding tert-OH is 1. The number of anilines is 1. The number of aromatic nitrogens is 2. The van der Waals surface area contributed by atoms with Crippen LogP contribution in [0.5, 0.6) is 0 Å². The van der Waals surface area contributed by atoms with Gasteiger partial charge in [0.1, 0.15) is 23.2 Å². The van der Waals surface area contributed by atoms with Gasteiger partial charge >= 0.3 is 0 Å². The van der Waals surface area contributed by atoms with Gasteiger partial charge in [0, 0.05) is 11.1 Å². The number of rotatable bonds is 7. The molecule has 4 heterocycles. The van der Waals surface area contributed by atoms with E-state index in [2.05, 4.69) is 10.2 Å². The second kappa shape index (κ2) is 9.34. The van der Waals surface area contributed by atoms with Crippen LogP contribution in [-0.4, -0.2) is 27.0 Å². The van der Waals surface area contributed by atoms with Crippen molar-refractivity contribution in [3.63, 3.8) is 0 Å². The summed E-state index contributed by atoms with van der Waals surface area (Å²) >= 11 is 2.50. The Bertz CT molecular complexity index is 1620. The number of fused-ring (bicyclic) bond motifs is 1. The number of aliphatic hydroxyl groups is 1. The highest BCUT2D eigenvalue weighted by Crippen LogP contribution is 2.44. The number of hydrogen-bond acceptors (Lipinski definition) is 9. The van der Waals surface area contributed by atoms with Crippen molar-refractivity contribution in [1.82, 2.24) is 10.2 Å². The Morgan fingerprint density at radius 2 is 1.92 bits per heavy atom. The van der Waals surface area contributed by atoms with Gasteiger partial charge in [0.25, 0.3) is 5.91 Å². The number of ketones is 1. The molecule has 0 saturated carbocycles. The van der Waals surface area contributed by atoms with E-state index in [1.807, 2.05) is 6.07 Å². The molecule has 0 bridgehead atoms. The number of thioether (sulfide) groups is 1. The van der Waals surface area contributed by atoms with Crippen LogP contribution in [0.2, 0.25) is 0 Å². The first-order valence-electron chi connectivity index (χ1n) is 11.0. The molecule has 5 aromatic rings. The average Bonchev–Trinajstić information content (AvgIpc) is 3.70. The highest BCUT2D eigenvalue weighted by molar-refractivity contribution is 8.00. The van der Waals surface area contributed by atoms with E-state index in [1.54, 1.807) is 48.5 Å². The summed E-state index contributed by atoms with van der Waals surface area (Å²) in [6.07, 6.45) is 1.42. The average molecular weight is 534 g/mol.